The second-order valence-corrected chi connectivity index (χ2v) is 6.68. The molecule has 0 saturated carbocycles. The maximum absolute atomic E-state index is 12.4. The zero-order chi connectivity index (χ0) is 19.0. The lowest BCUT2D eigenvalue weighted by molar-refractivity contribution is -0.384. The molecular weight excluding hydrogens is 404 g/mol. The molecule has 2 aromatic carbocycles. The Balaban J connectivity index is 2.13. The Morgan fingerprint density at radius 3 is 2.23 bits per heavy atom. The minimum atomic E-state index is -0.820. The van der Waals surface area contributed by atoms with Gasteiger partial charge in [0.05, 0.1) is 16.5 Å². The van der Waals surface area contributed by atoms with Crippen molar-refractivity contribution in [3.05, 3.63) is 79.8 Å². The van der Waals surface area contributed by atoms with Crippen LogP contribution in [0.15, 0.2) is 58.6 Å². The zero-order valence-corrected chi connectivity index (χ0v) is 15.1. The number of carbonyl (C=O) groups excluding carboxylic acids is 2. The summed E-state index contributed by atoms with van der Waals surface area (Å²) in [5.41, 5.74) is 0.742. The Bertz CT molecular complexity index is 935. The predicted molar refractivity (Wildman–Crippen MR) is 97.3 cm³/mol. The topological polar surface area (TPSA) is 101 Å². The Morgan fingerprint density at radius 2 is 1.69 bits per heavy atom. The Kier molecular flexibility index (Phi) is 4.60. The summed E-state index contributed by atoms with van der Waals surface area (Å²) in [7, 11) is 1.45. The van der Waals surface area contributed by atoms with Crippen LogP contribution in [0.3, 0.4) is 0 Å². The van der Waals surface area contributed by atoms with E-state index in [1.165, 1.54) is 36.2 Å². The first-order valence-electron chi connectivity index (χ1n) is 7.56. The summed E-state index contributed by atoms with van der Waals surface area (Å²) in [6.07, 6.45) is 0. The fourth-order valence-electron chi connectivity index (χ4n) is 2.88. The summed E-state index contributed by atoms with van der Waals surface area (Å²) in [5, 5.41) is 21.5. The highest BCUT2D eigenvalue weighted by molar-refractivity contribution is 9.10. The van der Waals surface area contributed by atoms with Crippen molar-refractivity contribution in [2.24, 2.45) is 0 Å². The normalized spacial score (nSPS) is 19.0. The number of aliphatic hydroxyl groups excluding tert-OH is 1. The molecule has 7 nitrogen and oxygen atoms in total. The second-order valence-electron chi connectivity index (χ2n) is 5.77. The molecule has 132 valence electrons. The summed E-state index contributed by atoms with van der Waals surface area (Å²) in [4.78, 5) is 36.1. The number of hydrogen-bond donors (Lipinski definition) is 1. The van der Waals surface area contributed by atoms with E-state index in [9.17, 15) is 24.8 Å². The van der Waals surface area contributed by atoms with Crippen molar-refractivity contribution in [3.8, 4) is 0 Å². The van der Waals surface area contributed by atoms with E-state index in [-0.39, 0.29) is 17.0 Å². The van der Waals surface area contributed by atoms with E-state index in [2.05, 4.69) is 15.9 Å². The molecule has 3 rings (SSSR count). The first-order chi connectivity index (χ1) is 12.3. The summed E-state index contributed by atoms with van der Waals surface area (Å²) in [5.74, 6) is -1.83. The number of rotatable bonds is 3. The molecular formula is C18H13BrN2O5. The van der Waals surface area contributed by atoms with E-state index in [1.54, 1.807) is 24.3 Å². The number of non-ortho nitro benzene ring substituents is 1. The molecule has 0 spiro atoms. The van der Waals surface area contributed by atoms with E-state index in [0.717, 1.165) is 4.47 Å². The van der Waals surface area contributed by atoms with E-state index in [1.807, 2.05) is 0 Å². The minimum absolute atomic E-state index is 0.0475. The third kappa shape index (κ3) is 2.99. The number of amides is 1. The van der Waals surface area contributed by atoms with Gasteiger partial charge in [0.1, 0.15) is 5.76 Å². The minimum Gasteiger partial charge on any atom is -0.507 e. The summed E-state index contributed by atoms with van der Waals surface area (Å²) >= 11 is 3.29. The van der Waals surface area contributed by atoms with Crippen molar-refractivity contribution in [3.63, 3.8) is 0 Å². The first kappa shape index (κ1) is 17.8. The average Bonchev–Trinajstić information content (AvgIpc) is 2.86. The van der Waals surface area contributed by atoms with E-state index in [0.29, 0.717) is 11.1 Å². The van der Waals surface area contributed by atoms with Crippen LogP contribution in [0.2, 0.25) is 0 Å². The first-order valence-corrected chi connectivity index (χ1v) is 8.35. The van der Waals surface area contributed by atoms with Gasteiger partial charge in [-0.25, -0.2) is 0 Å². The zero-order valence-electron chi connectivity index (χ0n) is 13.5. The highest BCUT2D eigenvalue weighted by Crippen LogP contribution is 2.38. The van der Waals surface area contributed by atoms with Crippen LogP contribution in [-0.4, -0.2) is 33.7 Å². The molecule has 0 radical (unpaired) electrons. The van der Waals surface area contributed by atoms with Gasteiger partial charge in [-0.1, -0.05) is 28.1 Å². The number of aliphatic hydroxyl groups is 1. The summed E-state index contributed by atoms with van der Waals surface area (Å²) in [6, 6.07) is 11.4. The number of hydrogen-bond acceptors (Lipinski definition) is 5. The number of carbonyl (C=O) groups is 2. The molecule has 0 aliphatic carbocycles. The number of benzene rings is 2. The molecule has 2 aromatic rings. The van der Waals surface area contributed by atoms with Crippen molar-refractivity contribution in [1.82, 2.24) is 4.90 Å². The van der Waals surface area contributed by atoms with Crippen LogP contribution in [0.5, 0.6) is 0 Å². The molecule has 1 aliphatic heterocycles. The van der Waals surface area contributed by atoms with Gasteiger partial charge in [0.15, 0.2) is 0 Å². The molecule has 1 saturated heterocycles. The Morgan fingerprint density at radius 1 is 1.12 bits per heavy atom. The van der Waals surface area contributed by atoms with Gasteiger partial charge in [-0.15, -0.1) is 0 Å². The molecule has 1 atom stereocenters. The fourth-order valence-corrected chi connectivity index (χ4v) is 3.14. The van der Waals surface area contributed by atoms with Crippen LogP contribution in [0.25, 0.3) is 5.76 Å². The third-order valence-electron chi connectivity index (χ3n) is 4.21. The highest BCUT2D eigenvalue weighted by Gasteiger charge is 2.44. The fraction of sp³-hybridized carbons (Fsp3) is 0.111. The number of ketones is 1. The maximum atomic E-state index is 12.4. The van der Waals surface area contributed by atoms with Crippen molar-refractivity contribution in [1.29, 1.82) is 0 Å². The van der Waals surface area contributed by atoms with Crippen LogP contribution in [-0.2, 0) is 9.59 Å². The van der Waals surface area contributed by atoms with E-state index >= 15 is 0 Å². The molecule has 0 aromatic heterocycles. The standard InChI is InChI=1S/C18H13BrN2O5/c1-20-15(10-4-8-13(9-5-10)21(25)26)14(17(23)18(20)24)16(22)11-2-6-12(19)7-3-11/h2-9,15,22H,1H3/b16-14+. The van der Waals surface area contributed by atoms with Gasteiger partial charge in [-0.05, 0) is 29.8 Å². The monoisotopic (exact) mass is 416 g/mol. The number of likely N-dealkylation sites (tertiary alicyclic amines) is 1. The van der Waals surface area contributed by atoms with Gasteiger partial charge >= 0.3 is 0 Å². The van der Waals surface area contributed by atoms with Crippen LogP contribution < -0.4 is 0 Å². The molecule has 1 N–H and O–H groups in total. The average molecular weight is 417 g/mol. The van der Waals surface area contributed by atoms with Crippen molar-refractivity contribution in [2.45, 2.75) is 6.04 Å². The van der Waals surface area contributed by atoms with E-state index in [4.69, 9.17) is 0 Å². The molecule has 1 unspecified atom stereocenters. The molecule has 8 heteroatoms. The molecule has 1 amide bonds. The number of nitro groups is 1. The summed E-state index contributed by atoms with van der Waals surface area (Å²) in [6.45, 7) is 0. The maximum Gasteiger partial charge on any atom is 0.295 e. The number of likely N-dealkylation sites (N-methyl/N-ethyl adjacent to an activating group) is 1. The van der Waals surface area contributed by atoms with Crippen LogP contribution in [0.4, 0.5) is 5.69 Å². The molecule has 0 bridgehead atoms. The van der Waals surface area contributed by atoms with Gasteiger partial charge in [-0.3, -0.25) is 19.7 Å². The second kappa shape index (κ2) is 6.72. The van der Waals surface area contributed by atoms with Crippen molar-refractivity contribution >= 4 is 39.1 Å². The van der Waals surface area contributed by atoms with Crippen LogP contribution >= 0.6 is 15.9 Å². The van der Waals surface area contributed by atoms with Crippen molar-refractivity contribution < 1.29 is 19.6 Å². The highest BCUT2D eigenvalue weighted by atomic mass is 79.9. The number of nitro benzene ring substituents is 1. The van der Waals surface area contributed by atoms with Gasteiger partial charge in [-0.2, -0.15) is 0 Å². The third-order valence-corrected chi connectivity index (χ3v) is 4.74. The number of halogens is 1. The largest absolute Gasteiger partial charge is 0.507 e. The predicted octanol–water partition coefficient (Wildman–Crippen LogP) is 3.41. The Labute approximate surface area is 156 Å². The number of nitrogens with zero attached hydrogens (tertiary/aromatic N) is 2. The van der Waals surface area contributed by atoms with Crippen molar-refractivity contribution in [2.75, 3.05) is 7.05 Å². The molecule has 26 heavy (non-hydrogen) atoms. The lowest BCUT2D eigenvalue weighted by atomic mass is 9.95. The smallest absolute Gasteiger partial charge is 0.295 e. The van der Waals surface area contributed by atoms with Gasteiger partial charge < -0.3 is 10.0 Å². The van der Waals surface area contributed by atoms with E-state index < -0.39 is 22.7 Å². The van der Waals surface area contributed by atoms with Gasteiger partial charge in [0, 0.05) is 29.2 Å². The lowest BCUT2D eigenvalue weighted by Crippen LogP contribution is -2.24. The lowest BCUT2D eigenvalue weighted by Gasteiger charge is -2.20. The van der Waals surface area contributed by atoms with Crippen LogP contribution in [0.1, 0.15) is 17.2 Å². The number of Topliss-reactive ketones (excluding diaryl/α,β-unsaturated/α-hetero) is 1. The molecule has 1 heterocycles. The molecule has 1 fully saturated rings. The van der Waals surface area contributed by atoms with Gasteiger partial charge in [0.25, 0.3) is 17.4 Å². The Hall–Kier alpha value is -3.00. The quantitative estimate of drug-likeness (QED) is 0.271. The SMILES string of the molecule is CN1C(=O)C(=O)/C(=C(/O)c2ccc(Br)cc2)C1c1ccc([N+](=O)[O-])cc1. The summed E-state index contributed by atoms with van der Waals surface area (Å²) < 4.78 is 0.803. The van der Waals surface area contributed by atoms with Gasteiger partial charge in [0.2, 0.25) is 0 Å². The molecule has 1 aliphatic rings. The van der Waals surface area contributed by atoms with Crippen LogP contribution in [0, 0.1) is 10.1 Å².